The summed E-state index contributed by atoms with van der Waals surface area (Å²) in [5.41, 5.74) is 4.57. The lowest BCUT2D eigenvalue weighted by atomic mass is 10.1. The maximum atomic E-state index is 12.3. The van der Waals surface area contributed by atoms with E-state index in [1.807, 2.05) is 41.5 Å². The second-order valence-electron chi connectivity index (χ2n) is 7.83. The van der Waals surface area contributed by atoms with E-state index in [0.717, 1.165) is 0 Å². The second kappa shape index (κ2) is 7.38. The molecule has 0 saturated carbocycles. The van der Waals surface area contributed by atoms with Gasteiger partial charge in [-0.1, -0.05) is 0 Å². The molecule has 1 fully saturated rings. The molecule has 7 heteroatoms. The summed E-state index contributed by atoms with van der Waals surface area (Å²) >= 11 is 0. The molecule has 1 unspecified atom stereocenters. The van der Waals surface area contributed by atoms with E-state index in [-0.39, 0.29) is 18.2 Å². The predicted octanol–water partition coefficient (Wildman–Crippen LogP) is 2.19. The van der Waals surface area contributed by atoms with Gasteiger partial charge in [-0.05, 0) is 54.5 Å². The number of rotatable bonds is 2. The van der Waals surface area contributed by atoms with E-state index >= 15 is 0 Å². The highest BCUT2D eigenvalue weighted by Crippen LogP contribution is 2.19. The summed E-state index contributed by atoms with van der Waals surface area (Å²) in [6.45, 7) is 12.7. The third kappa shape index (κ3) is 6.64. The van der Waals surface area contributed by atoms with E-state index in [1.54, 1.807) is 9.80 Å². The van der Waals surface area contributed by atoms with Crippen LogP contribution >= 0.6 is 0 Å². The summed E-state index contributed by atoms with van der Waals surface area (Å²) in [5, 5.41) is 0. The zero-order valence-electron chi connectivity index (χ0n) is 15.2. The van der Waals surface area contributed by atoms with Gasteiger partial charge in [-0.15, -0.1) is 0 Å². The third-order valence-corrected chi connectivity index (χ3v) is 3.26. The second-order valence-corrected chi connectivity index (χ2v) is 7.83. The summed E-state index contributed by atoms with van der Waals surface area (Å²) in [6.07, 6.45) is -0.110. The molecule has 1 rings (SSSR count). The zero-order valence-corrected chi connectivity index (χ0v) is 15.2. The smallest absolute Gasteiger partial charge is 0.410 e. The lowest BCUT2D eigenvalue weighted by molar-refractivity contribution is -0.0154. The Hall–Kier alpha value is -1.50. The van der Waals surface area contributed by atoms with Gasteiger partial charge in [0, 0.05) is 19.6 Å². The maximum absolute atomic E-state index is 12.3. The fourth-order valence-corrected chi connectivity index (χ4v) is 2.35. The van der Waals surface area contributed by atoms with Crippen LogP contribution in [0.1, 0.15) is 48.0 Å². The van der Waals surface area contributed by atoms with Crippen molar-refractivity contribution in [2.45, 2.75) is 65.2 Å². The number of piperazine rings is 1. The molecule has 1 aliphatic heterocycles. The van der Waals surface area contributed by atoms with Crippen LogP contribution in [-0.2, 0) is 9.47 Å². The number of nitrogens with zero attached hydrogens (tertiary/aromatic N) is 2. The fourth-order valence-electron chi connectivity index (χ4n) is 2.35. The van der Waals surface area contributed by atoms with Gasteiger partial charge < -0.3 is 25.0 Å². The molecule has 0 aliphatic carbocycles. The molecule has 1 aliphatic rings. The lowest BCUT2D eigenvalue weighted by Crippen LogP contribution is -2.58. The van der Waals surface area contributed by atoms with Crippen LogP contribution in [0.15, 0.2) is 0 Å². The number of ether oxygens (including phenoxy) is 2. The van der Waals surface area contributed by atoms with Crippen LogP contribution in [0.3, 0.4) is 0 Å². The summed E-state index contributed by atoms with van der Waals surface area (Å²) < 4.78 is 10.8. The fraction of sp³-hybridized carbons (Fsp3) is 0.875. The Morgan fingerprint density at radius 3 is 2.00 bits per heavy atom. The van der Waals surface area contributed by atoms with Crippen LogP contribution in [0.2, 0.25) is 0 Å². The highest BCUT2D eigenvalue weighted by Gasteiger charge is 2.35. The van der Waals surface area contributed by atoms with Gasteiger partial charge in [0.25, 0.3) is 0 Å². The number of nitrogens with two attached hydrogens (primary N) is 1. The summed E-state index contributed by atoms with van der Waals surface area (Å²) in [7, 11) is 0. The minimum atomic E-state index is -0.549. The SMILES string of the molecule is CC(C)(C)OC(=O)N1CCN(C(=O)OC(C)(C)C)C(CCN)C1. The topological polar surface area (TPSA) is 85.1 Å². The molecule has 134 valence electrons. The molecule has 23 heavy (non-hydrogen) atoms. The quantitative estimate of drug-likeness (QED) is 0.839. The summed E-state index contributed by atoms with van der Waals surface area (Å²) in [6, 6.07) is -0.156. The molecule has 0 spiro atoms. The highest BCUT2D eigenvalue weighted by atomic mass is 16.6. The van der Waals surface area contributed by atoms with Crippen molar-refractivity contribution in [3.63, 3.8) is 0 Å². The van der Waals surface area contributed by atoms with Crippen molar-refractivity contribution in [3.8, 4) is 0 Å². The Balaban J connectivity index is 2.74. The molecule has 1 atom stereocenters. The van der Waals surface area contributed by atoms with Crippen LogP contribution < -0.4 is 5.73 Å². The lowest BCUT2D eigenvalue weighted by Gasteiger charge is -2.41. The van der Waals surface area contributed by atoms with Gasteiger partial charge in [0.15, 0.2) is 0 Å². The van der Waals surface area contributed by atoms with Gasteiger partial charge in [-0.3, -0.25) is 0 Å². The number of hydrogen-bond acceptors (Lipinski definition) is 5. The van der Waals surface area contributed by atoms with Gasteiger partial charge in [-0.2, -0.15) is 0 Å². The van der Waals surface area contributed by atoms with Gasteiger partial charge in [-0.25, -0.2) is 9.59 Å². The molecule has 2 amide bonds. The molecule has 1 heterocycles. The Kier molecular flexibility index (Phi) is 6.27. The molecule has 0 aromatic carbocycles. The Morgan fingerprint density at radius 2 is 1.52 bits per heavy atom. The van der Waals surface area contributed by atoms with E-state index < -0.39 is 11.2 Å². The van der Waals surface area contributed by atoms with E-state index in [1.165, 1.54) is 0 Å². The molecule has 0 aromatic rings. The van der Waals surface area contributed by atoms with Crippen molar-refractivity contribution in [1.29, 1.82) is 0 Å². The first-order valence-corrected chi connectivity index (χ1v) is 8.10. The number of carbonyl (C=O) groups excluding carboxylic acids is 2. The largest absolute Gasteiger partial charge is 0.444 e. The van der Waals surface area contributed by atoms with Crippen LogP contribution in [-0.4, -0.2) is 65.4 Å². The maximum Gasteiger partial charge on any atom is 0.410 e. The Bertz CT molecular complexity index is 426. The van der Waals surface area contributed by atoms with Crippen molar-refractivity contribution < 1.29 is 19.1 Å². The van der Waals surface area contributed by atoms with Gasteiger partial charge in [0.05, 0.1) is 6.04 Å². The number of hydrogen-bond donors (Lipinski definition) is 1. The summed E-state index contributed by atoms with van der Waals surface area (Å²) in [5.74, 6) is 0. The Morgan fingerprint density at radius 1 is 1.00 bits per heavy atom. The van der Waals surface area contributed by atoms with E-state index in [0.29, 0.717) is 32.6 Å². The number of amides is 2. The minimum Gasteiger partial charge on any atom is -0.444 e. The Labute approximate surface area is 139 Å². The average molecular weight is 329 g/mol. The van der Waals surface area contributed by atoms with E-state index in [2.05, 4.69) is 0 Å². The highest BCUT2D eigenvalue weighted by molar-refractivity contribution is 5.71. The molecule has 0 radical (unpaired) electrons. The first-order valence-electron chi connectivity index (χ1n) is 8.10. The molecule has 2 N–H and O–H groups in total. The van der Waals surface area contributed by atoms with Crippen molar-refractivity contribution in [2.24, 2.45) is 5.73 Å². The zero-order chi connectivity index (χ0) is 17.8. The van der Waals surface area contributed by atoms with E-state index in [9.17, 15) is 9.59 Å². The molecular formula is C16H31N3O4. The van der Waals surface area contributed by atoms with Gasteiger partial charge in [0.2, 0.25) is 0 Å². The molecule has 0 aromatic heterocycles. The van der Waals surface area contributed by atoms with Gasteiger partial charge in [0.1, 0.15) is 11.2 Å². The molecule has 7 nitrogen and oxygen atoms in total. The normalized spacial score (nSPS) is 19.5. The average Bonchev–Trinajstić information content (AvgIpc) is 2.34. The summed E-state index contributed by atoms with van der Waals surface area (Å²) in [4.78, 5) is 27.8. The van der Waals surface area contributed by atoms with E-state index in [4.69, 9.17) is 15.2 Å². The van der Waals surface area contributed by atoms with Crippen molar-refractivity contribution >= 4 is 12.2 Å². The molecule has 1 saturated heterocycles. The van der Waals surface area contributed by atoms with Crippen molar-refractivity contribution in [1.82, 2.24) is 9.80 Å². The third-order valence-electron chi connectivity index (χ3n) is 3.26. The van der Waals surface area contributed by atoms with Crippen LogP contribution in [0, 0.1) is 0 Å². The van der Waals surface area contributed by atoms with Crippen LogP contribution in [0.5, 0.6) is 0 Å². The van der Waals surface area contributed by atoms with Crippen molar-refractivity contribution in [3.05, 3.63) is 0 Å². The monoisotopic (exact) mass is 329 g/mol. The first-order chi connectivity index (χ1) is 10.4. The minimum absolute atomic E-state index is 0.156. The van der Waals surface area contributed by atoms with Crippen LogP contribution in [0.25, 0.3) is 0 Å². The molecule has 0 bridgehead atoms. The van der Waals surface area contributed by atoms with Crippen molar-refractivity contribution in [2.75, 3.05) is 26.2 Å². The number of carbonyl (C=O) groups is 2. The first kappa shape index (κ1) is 19.5. The van der Waals surface area contributed by atoms with Gasteiger partial charge >= 0.3 is 12.2 Å². The van der Waals surface area contributed by atoms with Crippen LogP contribution in [0.4, 0.5) is 9.59 Å². The standard InChI is InChI=1S/C16H31N3O4/c1-15(2,3)22-13(20)18-9-10-19(12(11-18)7-8-17)14(21)23-16(4,5)6/h12H,7-11,17H2,1-6H3. The predicted molar refractivity (Wildman–Crippen MR) is 88.2 cm³/mol. The molecular weight excluding hydrogens is 298 g/mol.